The highest BCUT2D eigenvalue weighted by Crippen LogP contribution is 2.48. The minimum atomic E-state index is -2.56. The fourth-order valence-corrected chi connectivity index (χ4v) is 5.31. The van der Waals surface area contributed by atoms with E-state index in [1.54, 1.807) is 6.20 Å². The van der Waals surface area contributed by atoms with E-state index in [0.29, 0.717) is 5.95 Å². The molecule has 0 spiro atoms. The summed E-state index contributed by atoms with van der Waals surface area (Å²) in [4.78, 5) is 10.0. The van der Waals surface area contributed by atoms with Gasteiger partial charge in [0.2, 0.25) is 5.95 Å². The minimum absolute atomic E-state index is 0.120. The van der Waals surface area contributed by atoms with E-state index in [4.69, 9.17) is 0 Å². The number of allylic oxidation sites excluding steroid dienone is 1. The van der Waals surface area contributed by atoms with Gasteiger partial charge in [-0.2, -0.15) is 0 Å². The van der Waals surface area contributed by atoms with Crippen molar-refractivity contribution in [2.75, 3.05) is 5.32 Å². The Kier molecular flexibility index (Phi) is 4.80. The molecule has 2 heterocycles. The number of alkyl halides is 2. The molecule has 0 amide bonds. The predicted octanol–water partition coefficient (Wildman–Crippen LogP) is 6.34. The van der Waals surface area contributed by atoms with Gasteiger partial charge in [-0.05, 0) is 41.7 Å². The molecule has 1 aromatic carbocycles. The number of thioether (sulfide) groups is 1. The van der Waals surface area contributed by atoms with Crippen molar-refractivity contribution in [3.8, 4) is 0 Å². The smallest absolute Gasteiger partial charge is 0.252 e. The lowest BCUT2D eigenvalue weighted by Crippen LogP contribution is -2.44. The maximum atomic E-state index is 13.0. The molecule has 0 atom stereocenters. The van der Waals surface area contributed by atoms with E-state index in [2.05, 4.69) is 60.5 Å². The highest BCUT2D eigenvalue weighted by molar-refractivity contribution is 8.00. The van der Waals surface area contributed by atoms with Crippen LogP contribution in [0.15, 0.2) is 42.4 Å². The van der Waals surface area contributed by atoms with Crippen molar-refractivity contribution in [1.82, 2.24) is 9.97 Å². The molecule has 0 bridgehead atoms. The van der Waals surface area contributed by atoms with E-state index in [0.717, 1.165) is 34.4 Å². The second kappa shape index (κ2) is 6.94. The quantitative estimate of drug-likeness (QED) is 0.634. The summed E-state index contributed by atoms with van der Waals surface area (Å²) in [7, 11) is 0. The van der Waals surface area contributed by atoms with Gasteiger partial charge >= 0.3 is 0 Å². The lowest BCUT2D eigenvalue weighted by atomic mass is 9.88. The summed E-state index contributed by atoms with van der Waals surface area (Å²) in [5, 5.41) is 2.99. The summed E-state index contributed by atoms with van der Waals surface area (Å²) >= 11 is 1.86. The second-order valence-electron chi connectivity index (χ2n) is 8.63. The summed E-state index contributed by atoms with van der Waals surface area (Å²) in [6, 6.07) is 6.07. The van der Waals surface area contributed by atoms with E-state index < -0.39 is 5.92 Å². The molecule has 2 aliphatic rings. The molecule has 1 aliphatic carbocycles. The van der Waals surface area contributed by atoms with Crippen molar-refractivity contribution in [3.63, 3.8) is 0 Å². The molecule has 4 rings (SSSR count). The van der Waals surface area contributed by atoms with E-state index in [9.17, 15) is 8.78 Å². The number of nitrogens with zero attached hydrogens (tertiary/aromatic N) is 2. The Morgan fingerprint density at radius 2 is 2.00 bits per heavy atom. The maximum absolute atomic E-state index is 13.0. The zero-order valence-electron chi connectivity index (χ0n) is 17.0. The van der Waals surface area contributed by atoms with Crippen LogP contribution in [0.2, 0.25) is 0 Å². The number of hydrogen-bond donors (Lipinski definition) is 1. The average molecular weight is 414 g/mol. The SMILES string of the molecule is C=C1CC(C)(C)Sc2cc(C(=C)c3cnc(NC4CC(F)(F)C4)nc3C)ccc21. The molecule has 6 heteroatoms. The highest BCUT2D eigenvalue weighted by Gasteiger charge is 2.45. The highest BCUT2D eigenvalue weighted by atomic mass is 32.2. The van der Waals surface area contributed by atoms with Gasteiger partial charge in [0.25, 0.3) is 5.92 Å². The molecule has 1 aromatic heterocycles. The molecule has 1 aliphatic heterocycles. The Labute approximate surface area is 174 Å². The number of halogens is 2. The average Bonchev–Trinajstić information content (AvgIpc) is 2.58. The number of hydrogen-bond acceptors (Lipinski definition) is 4. The first-order chi connectivity index (χ1) is 13.5. The second-order valence-corrected chi connectivity index (χ2v) is 10.4. The molecule has 0 saturated heterocycles. The van der Waals surface area contributed by atoms with Crippen molar-refractivity contribution in [1.29, 1.82) is 0 Å². The van der Waals surface area contributed by atoms with Crippen molar-refractivity contribution < 1.29 is 8.78 Å². The summed E-state index contributed by atoms with van der Waals surface area (Å²) in [5.74, 6) is -2.18. The fourth-order valence-electron chi connectivity index (χ4n) is 3.96. The summed E-state index contributed by atoms with van der Waals surface area (Å²) < 4.78 is 26.2. The van der Waals surface area contributed by atoms with Gasteiger partial charge in [-0.3, -0.25) is 0 Å². The Balaban J connectivity index is 1.55. The molecule has 0 radical (unpaired) electrons. The molecule has 3 nitrogen and oxygen atoms in total. The first-order valence-electron chi connectivity index (χ1n) is 9.72. The molecule has 2 aromatic rings. The maximum Gasteiger partial charge on any atom is 0.252 e. The third-order valence-corrected chi connectivity index (χ3v) is 6.72. The molecule has 152 valence electrons. The number of aromatic nitrogens is 2. The third-order valence-electron chi connectivity index (χ3n) is 5.46. The van der Waals surface area contributed by atoms with Crippen LogP contribution in [0.3, 0.4) is 0 Å². The lowest BCUT2D eigenvalue weighted by Gasteiger charge is -2.35. The molecule has 1 saturated carbocycles. The van der Waals surface area contributed by atoms with E-state index in [1.165, 1.54) is 10.5 Å². The van der Waals surface area contributed by atoms with Crippen LogP contribution in [0.4, 0.5) is 14.7 Å². The zero-order chi connectivity index (χ0) is 21.0. The topological polar surface area (TPSA) is 37.8 Å². The number of aryl methyl sites for hydroxylation is 1. The third kappa shape index (κ3) is 4.08. The molecule has 1 fully saturated rings. The van der Waals surface area contributed by atoms with Gasteiger partial charge in [0, 0.05) is 40.3 Å². The van der Waals surface area contributed by atoms with E-state index in [-0.39, 0.29) is 23.6 Å². The van der Waals surface area contributed by atoms with Crippen molar-refractivity contribution in [3.05, 3.63) is 59.9 Å². The van der Waals surface area contributed by atoms with Gasteiger partial charge in [-0.25, -0.2) is 18.7 Å². The first kappa shape index (κ1) is 20.1. The van der Waals surface area contributed by atoms with Gasteiger partial charge in [0.05, 0.1) is 5.69 Å². The summed E-state index contributed by atoms with van der Waals surface area (Å²) in [6.45, 7) is 14.9. The number of anilines is 1. The van der Waals surface area contributed by atoms with Gasteiger partial charge < -0.3 is 5.32 Å². The Bertz CT molecular complexity index is 1010. The lowest BCUT2D eigenvalue weighted by molar-refractivity contribution is -0.0794. The summed E-state index contributed by atoms with van der Waals surface area (Å²) in [5.41, 5.74) is 5.87. The predicted molar refractivity (Wildman–Crippen MR) is 117 cm³/mol. The monoisotopic (exact) mass is 413 g/mol. The molecular formula is C23H25F2N3S. The number of fused-ring (bicyclic) bond motifs is 1. The van der Waals surface area contributed by atoms with Crippen LogP contribution >= 0.6 is 11.8 Å². The Morgan fingerprint density at radius 3 is 2.66 bits per heavy atom. The molecule has 29 heavy (non-hydrogen) atoms. The zero-order valence-corrected chi connectivity index (χ0v) is 17.8. The van der Waals surface area contributed by atoms with Crippen LogP contribution in [0, 0.1) is 6.92 Å². The van der Waals surface area contributed by atoms with E-state index in [1.807, 2.05) is 18.7 Å². The van der Waals surface area contributed by atoms with Crippen LogP contribution in [0.25, 0.3) is 11.1 Å². The van der Waals surface area contributed by atoms with Gasteiger partial charge in [-0.1, -0.05) is 39.1 Å². The van der Waals surface area contributed by atoms with E-state index >= 15 is 0 Å². The van der Waals surface area contributed by atoms with Crippen molar-refractivity contribution in [2.45, 2.75) is 61.6 Å². The minimum Gasteiger partial charge on any atom is -0.351 e. The fraction of sp³-hybridized carbons (Fsp3) is 0.391. The molecule has 1 N–H and O–H groups in total. The number of nitrogens with one attached hydrogen (secondary N) is 1. The van der Waals surface area contributed by atoms with Crippen LogP contribution in [-0.2, 0) is 0 Å². The van der Waals surface area contributed by atoms with Crippen LogP contribution in [0.5, 0.6) is 0 Å². The van der Waals surface area contributed by atoms with Crippen LogP contribution in [0.1, 0.15) is 55.5 Å². The first-order valence-corrected chi connectivity index (χ1v) is 10.5. The Morgan fingerprint density at radius 1 is 1.28 bits per heavy atom. The van der Waals surface area contributed by atoms with Crippen molar-refractivity contribution >= 4 is 28.9 Å². The van der Waals surface area contributed by atoms with Crippen LogP contribution in [-0.4, -0.2) is 26.7 Å². The number of rotatable bonds is 4. The summed E-state index contributed by atoms with van der Waals surface area (Å²) in [6.07, 6.45) is 2.36. The Hall–Kier alpha value is -2.21. The van der Waals surface area contributed by atoms with Gasteiger partial charge in [0.1, 0.15) is 0 Å². The van der Waals surface area contributed by atoms with Crippen molar-refractivity contribution in [2.24, 2.45) is 0 Å². The molecular weight excluding hydrogens is 388 g/mol. The van der Waals surface area contributed by atoms with Gasteiger partial charge in [-0.15, -0.1) is 11.8 Å². The standard InChI is InChI=1S/C23H25F2N3S/c1-13-9-22(4,5)29-20-8-16(6-7-18(13)20)14(2)19-12-26-21(27-15(19)3)28-17-10-23(24,25)11-17/h6-8,12,17H,1-2,9-11H2,3-5H3,(H,26,27,28). The van der Waals surface area contributed by atoms with Crippen LogP contribution < -0.4 is 5.32 Å². The largest absolute Gasteiger partial charge is 0.351 e. The number of benzene rings is 1. The molecule has 0 unspecified atom stereocenters. The van der Waals surface area contributed by atoms with Gasteiger partial charge in [0.15, 0.2) is 0 Å². The normalized spacial score (nSPS) is 20.0.